The van der Waals surface area contributed by atoms with Crippen molar-refractivity contribution in [3.63, 3.8) is 0 Å². The van der Waals surface area contributed by atoms with Crippen molar-refractivity contribution >= 4 is 11.9 Å². The van der Waals surface area contributed by atoms with Crippen molar-refractivity contribution in [3.8, 4) is 0 Å². The highest BCUT2D eigenvalue weighted by molar-refractivity contribution is 6.27. The van der Waals surface area contributed by atoms with Crippen LogP contribution in [-0.4, -0.2) is 47.4 Å². The van der Waals surface area contributed by atoms with Crippen LogP contribution in [0.5, 0.6) is 0 Å². The van der Waals surface area contributed by atoms with Gasteiger partial charge in [-0.2, -0.15) is 0 Å². The van der Waals surface area contributed by atoms with Gasteiger partial charge in [-0.3, -0.25) is 0 Å². The molecular formula is C6H9NO5. The van der Waals surface area contributed by atoms with Gasteiger partial charge >= 0.3 is 11.9 Å². The molecule has 2 atom stereocenters. The summed E-state index contributed by atoms with van der Waals surface area (Å²) >= 11 is 0. The monoisotopic (exact) mass is 175 g/mol. The number of nitrogens with one attached hydrogen (secondary N) is 1. The number of carboxylic acid groups (broad SMARTS) is 2. The van der Waals surface area contributed by atoms with Gasteiger partial charge in [-0.1, -0.05) is 0 Å². The summed E-state index contributed by atoms with van der Waals surface area (Å²) in [6.45, 7) is 2.18. The second-order valence-electron chi connectivity index (χ2n) is 2.48. The van der Waals surface area contributed by atoms with E-state index >= 15 is 0 Å². The fraction of sp³-hybridized carbons (Fsp3) is 0.667. The Balaban J connectivity index is 0.000000120. The zero-order valence-electron chi connectivity index (χ0n) is 6.19. The van der Waals surface area contributed by atoms with Crippen LogP contribution in [-0.2, 0) is 14.3 Å². The maximum Gasteiger partial charge on any atom is 0.414 e. The predicted molar refractivity (Wildman–Crippen MR) is 36.8 cm³/mol. The van der Waals surface area contributed by atoms with Crippen LogP contribution in [0.1, 0.15) is 0 Å². The average Bonchev–Trinajstić information content (AvgIpc) is 2.60. The van der Waals surface area contributed by atoms with Gasteiger partial charge in [0, 0.05) is 13.1 Å². The first kappa shape index (κ1) is 8.95. The normalized spacial score (nSPS) is 29.7. The van der Waals surface area contributed by atoms with Gasteiger partial charge in [-0.15, -0.1) is 0 Å². The molecule has 6 heteroatoms. The smallest absolute Gasteiger partial charge is 0.414 e. The summed E-state index contributed by atoms with van der Waals surface area (Å²) in [5.74, 6) is -3.65. The Bertz CT molecular complexity index is 184. The first-order valence-electron chi connectivity index (χ1n) is 3.43. The van der Waals surface area contributed by atoms with Crippen molar-refractivity contribution in [1.82, 2.24) is 5.32 Å². The summed E-state index contributed by atoms with van der Waals surface area (Å²) in [5.41, 5.74) is 0. The van der Waals surface area contributed by atoms with Crippen molar-refractivity contribution in [3.05, 3.63) is 0 Å². The Labute approximate surface area is 68.1 Å². The van der Waals surface area contributed by atoms with Gasteiger partial charge in [-0.25, -0.2) is 9.59 Å². The molecule has 12 heavy (non-hydrogen) atoms. The number of carbonyl (C=O) groups is 2. The molecule has 0 saturated carbocycles. The van der Waals surface area contributed by atoms with E-state index in [2.05, 4.69) is 5.32 Å². The molecule has 2 fully saturated rings. The molecule has 0 aromatic rings. The molecule has 0 amide bonds. The maximum absolute atomic E-state index is 9.10. The maximum atomic E-state index is 9.10. The lowest BCUT2D eigenvalue weighted by Crippen LogP contribution is -2.13. The van der Waals surface area contributed by atoms with E-state index in [0.29, 0.717) is 12.2 Å². The molecule has 0 aromatic carbocycles. The number of fused-ring (bicyclic) bond motifs is 1. The topological polar surface area (TPSA) is 99.2 Å². The first-order chi connectivity index (χ1) is 5.61. The van der Waals surface area contributed by atoms with E-state index in [9.17, 15) is 0 Å². The van der Waals surface area contributed by atoms with Gasteiger partial charge in [0.25, 0.3) is 0 Å². The van der Waals surface area contributed by atoms with Crippen molar-refractivity contribution in [2.45, 2.75) is 12.2 Å². The molecule has 0 bridgehead atoms. The summed E-state index contributed by atoms with van der Waals surface area (Å²) in [5, 5.41) is 18.0. The van der Waals surface area contributed by atoms with Crippen molar-refractivity contribution in [2.75, 3.05) is 13.1 Å². The largest absolute Gasteiger partial charge is 0.473 e. The minimum Gasteiger partial charge on any atom is -0.473 e. The number of rotatable bonds is 0. The molecule has 3 N–H and O–H groups in total. The zero-order valence-corrected chi connectivity index (χ0v) is 6.19. The van der Waals surface area contributed by atoms with E-state index in [4.69, 9.17) is 24.5 Å². The van der Waals surface area contributed by atoms with Gasteiger partial charge in [-0.05, 0) is 0 Å². The quantitative estimate of drug-likeness (QED) is 0.306. The highest BCUT2D eigenvalue weighted by Crippen LogP contribution is 2.24. The third kappa shape index (κ3) is 2.48. The molecule has 0 radical (unpaired) electrons. The molecule has 6 nitrogen and oxygen atoms in total. The van der Waals surface area contributed by atoms with Gasteiger partial charge in [0.05, 0.1) is 12.2 Å². The lowest BCUT2D eigenvalue weighted by Gasteiger charge is -1.87. The molecule has 0 aliphatic carbocycles. The van der Waals surface area contributed by atoms with Gasteiger partial charge < -0.3 is 20.3 Å². The molecule has 0 aromatic heterocycles. The number of aliphatic carboxylic acids is 2. The highest BCUT2D eigenvalue weighted by Gasteiger charge is 2.42. The van der Waals surface area contributed by atoms with Crippen LogP contribution in [0.4, 0.5) is 0 Å². The molecule has 2 saturated heterocycles. The third-order valence-corrected chi connectivity index (χ3v) is 1.56. The summed E-state index contributed by atoms with van der Waals surface area (Å²) in [7, 11) is 0. The Morgan fingerprint density at radius 3 is 1.67 bits per heavy atom. The summed E-state index contributed by atoms with van der Waals surface area (Å²) < 4.78 is 5.09. The van der Waals surface area contributed by atoms with E-state index in [1.807, 2.05) is 0 Å². The van der Waals surface area contributed by atoms with Crippen LogP contribution < -0.4 is 5.32 Å². The van der Waals surface area contributed by atoms with E-state index in [1.165, 1.54) is 0 Å². The van der Waals surface area contributed by atoms with Gasteiger partial charge in [0.2, 0.25) is 0 Å². The molecule has 2 aliphatic rings. The Morgan fingerprint density at radius 1 is 1.17 bits per heavy atom. The average molecular weight is 175 g/mol. The predicted octanol–water partition coefficient (Wildman–Crippen LogP) is -1.49. The lowest BCUT2D eigenvalue weighted by atomic mass is 10.4. The van der Waals surface area contributed by atoms with Crippen LogP contribution in [0, 0.1) is 0 Å². The molecule has 2 unspecified atom stereocenters. The first-order valence-corrected chi connectivity index (χ1v) is 3.43. The minimum atomic E-state index is -1.82. The van der Waals surface area contributed by atoms with E-state index in [0.717, 1.165) is 13.1 Å². The summed E-state index contributed by atoms with van der Waals surface area (Å²) in [6, 6.07) is 0. The Hall–Kier alpha value is -1.14. The van der Waals surface area contributed by atoms with Crippen molar-refractivity contribution < 1.29 is 24.5 Å². The van der Waals surface area contributed by atoms with Crippen LogP contribution in [0.3, 0.4) is 0 Å². The number of ether oxygens (including phenoxy) is 1. The summed E-state index contributed by atoms with van der Waals surface area (Å²) in [6.07, 6.45) is 1.20. The SMILES string of the molecule is C1NCC2OC12.O=C(O)C(=O)O. The van der Waals surface area contributed by atoms with Crippen LogP contribution in [0.25, 0.3) is 0 Å². The fourth-order valence-corrected chi connectivity index (χ4v) is 0.906. The molecule has 2 aliphatic heterocycles. The number of epoxide rings is 1. The highest BCUT2D eigenvalue weighted by atomic mass is 16.6. The Kier molecular flexibility index (Phi) is 2.61. The number of carboxylic acids is 2. The van der Waals surface area contributed by atoms with Crippen molar-refractivity contribution in [2.24, 2.45) is 0 Å². The second-order valence-corrected chi connectivity index (χ2v) is 2.48. The molecule has 2 heterocycles. The van der Waals surface area contributed by atoms with Crippen LogP contribution in [0.2, 0.25) is 0 Å². The lowest BCUT2D eigenvalue weighted by molar-refractivity contribution is -0.159. The third-order valence-electron chi connectivity index (χ3n) is 1.56. The second kappa shape index (κ2) is 3.51. The molecule has 0 spiro atoms. The van der Waals surface area contributed by atoms with Crippen LogP contribution >= 0.6 is 0 Å². The molecule has 2 rings (SSSR count). The van der Waals surface area contributed by atoms with E-state index < -0.39 is 11.9 Å². The number of hydrogen-bond donors (Lipinski definition) is 3. The van der Waals surface area contributed by atoms with Gasteiger partial charge in [0.1, 0.15) is 0 Å². The Morgan fingerprint density at radius 2 is 1.58 bits per heavy atom. The molecular weight excluding hydrogens is 166 g/mol. The fourth-order valence-electron chi connectivity index (χ4n) is 0.906. The van der Waals surface area contributed by atoms with Crippen LogP contribution in [0.15, 0.2) is 0 Å². The molecule has 68 valence electrons. The zero-order chi connectivity index (χ0) is 9.14. The minimum absolute atomic E-state index is 0.602. The number of hydrogen-bond acceptors (Lipinski definition) is 4. The van der Waals surface area contributed by atoms with Gasteiger partial charge in [0.15, 0.2) is 0 Å². The standard InChI is InChI=1S/C4H7NO.C2H2O4/c1-3-4(6-3)2-5-1;3-1(4)2(5)6/h3-5H,1-2H2;(H,3,4)(H,5,6). The van der Waals surface area contributed by atoms with Crippen molar-refractivity contribution in [1.29, 1.82) is 0 Å². The summed E-state index contributed by atoms with van der Waals surface area (Å²) in [4.78, 5) is 18.2. The number of morpholine rings is 1. The van der Waals surface area contributed by atoms with E-state index in [1.54, 1.807) is 0 Å². The van der Waals surface area contributed by atoms with E-state index in [-0.39, 0.29) is 0 Å².